The molecule has 1 aromatic carbocycles. The van der Waals surface area contributed by atoms with Gasteiger partial charge in [-0.05, 0) is 11.6 Å². The zero-order chi connectivity index (χ0) is 10.9. The largest absolute Gasteiger partial charge is 0.467 e. The highest BCUT2D eigenvalue weighted by molar-refractivity contribution is 5.40. The van der Waals surface area contributed by atoms with E-state index in [0.717, 1.165) is 16.9 Å². The lowest BCUT2D eigenvalue weighted by Gasteiger charge is -2.25. The molecule has 0 saturated heterocycles. The van der Waals surface area contributed by atoms with Gasteiger partial charge in [-0.15, -0.1) is 0 Å². The molecule has 0 saturated carbocycles. The Morgan fingerprint density at radius 3 is 2.93 bits per heavy atom. The Hall–Kier alpha value is -1.06. The molecule has 0 aliphatic carbocycles. The van der Waals surface area contributed by atoms with Crippen LogP contribution in [0.3, 0.4) is 0 Å². The first-order valence-electron chi connectivity index (χ1n) is 5.08. The third kappa shape index (κ3) is 1.98. The Balaban J connectivity index is 2.36. The Morgan fingerprint density at radius 1 is 1.40 bits per heavy atom. The molecule has 0 radical (unpaired) electrons. The van der Waals surface area contributed by atoms with E-state index in [0.29, 0.717) is 13.4 Å². The second kappa shape index (κ2) is 3.83. The van der Waals surface area contributed by atoms with E-state index < -0.39 is 0 Å². The third-order valence-corrected chi connectivity index (χ3v) is 2.80. The van der Waals surface area contributed by atoms with Crippen molar-refractivity contribution < 1.29 is 14.6 Å². The topological polar surface area (TPSA) is 38.7 Å². The normalized spacial score (nSPS) is 15.7. The summed E-state index contributed by atoms with van der Waals surface area (Å²) in [6, 6.07) is 6.02. The molecular formula is C12H16O3. The van der Waals surface area contributed by atoms with Crippen LogP contribution >= 0.6 is 0 Å². The van der Waals surface area contributed by atoms with Gasteiger partial charge in [-0.2, -0.15) is 0 Å². The van der Waals surface area contributed by atoms with Crippen LogP contribution < -0.4 is 4.74 Å². The van der Waals surface area contributed by atoms with Crippen LogP contribution in [0.15, 0.2) is 18.2 Å². The molecule has 1 N–H and O–H groups in total. The first-order valence-corrected chi connectivity index (χ1v) is 5.08. The van der Waals surface area contributed by atoms with Crippen molar-refractivity contribution in [3.63, 3.8) is 0 Å². The zero-order valence-corrected chi connectivity index (χ0v) is 9.12. The molecule has 0 amide bonds. The number of fused-ring (bicyclic) bond motifs is 1. The van der Waals surface area contributed by atoms with Crippen molar-refractivity contribution in [1.29, 1.82) is 0 Å². The maximum absolute atomic E-state index is 9.29. The lowest BCUT2D eigenvalue weighted by molar-refractivity contribution is -0.0165. The van der Waals surface area contributed by atoms with Crippen LogP contribution in [0.4, 0.5) is 0 Å². The quantitative estimate of drug-likeness (QED) is 0.805. The van der Waals surface area contributed by atoms with E-state index in [1.807, 2.05) is 32.0 Å². The second-order valence-corrected chi connectivity index (χ2v) is 4.48. The third-order valence-electron chi connectivity index (χ3n) is 2.80. The van der Waals surface area contributed by atoms with Gasteiger partial charge in [0.25, 0.3) is 0 Å². The molecule has 3 heteroatoms. The van der Waals surface area contributed by atoms with Crippen molar-refractivity contribution in [1.82, 2.24) is 0 Å². The van der Waals surface area contributed by atoms with E-state index >= 15 is 0 Å². The first kappa shape index (κ1) is 10.5. The first-order chi connectivity index (χ1) is 7.13. The van der Waals surface area contributed by atoms with Gasteiger partial charge in [0.15, 0.2) is 6.79 Å². The van der Waals surface area contributed by atoms with Crippen molar-refractivity contribution in [2.24, 2.45) is 0 Å². The van der Waals surface area contributed by atoms with Crippen LogP contribution in [-0.2, 0) is 16.8 Å². The number of hydrogen-bond acceptors (Lipinski definition) is 3. The summed E-state index contributed by atoms with van der Waals surface area (Å²) in [6.45, 7) is 5.07. The fourth-order valence-corrected chi connectivity index (χ4v) is 1.58. The molecule has 1 aliphatic rings. The smallest absolute Gasteiger partial charge is 0.189 e. The fraction of sp³-hybridized carbons (Fsp3) is 0.500. The number of rotatable bonds is 2. The van der Waals surface area contributed by atoms with Crippen LogP contribution in [0.5, 0.6) is 5.75 Å². The van der Waals surface area contributed by atoms with E-state index in [9.17, 15) is 5.11 Å². The number of ether oxygens (including phenoxy) is 2. The van der Waals surface area contributed by atoms with Gasteiger partial charge in [-0.25, -0.2) is 0 Å². The molecule has 2 rings (SSSR count). The Bertz CT molecular complexity index is 358. The molecule has 0 fully saturated rings. The molecule has 0 aromatic heterocycles. The second-order valence-electron chi connectivity index (χ2n) is 4.48. The molecule has 0 bridgehead atoms. The zero-order valence-electron chi connectivity index (χ0n) is 9.12. The average molecular weight is 208 g/mol. The highest BCUT2D eigenvalue weighted by Crippen LogP contribution is 2.30. The van der Waals surface area contributed by atoms with Gasteiger partial charge >= 0.3 is 0 Å². The standard InChI is InChI=1S/C12H16O3/c1-12(2,7-13)10-4-3-9-6-14-8-15-11(9)5-10/h3-5,13H,6-8H2,1-2H3. The summed E-state index contributed by atoms with van der Waals surface area (Å²) in [5, 5.41) is 9.29. The van der Waals surface area contributed by atoms with Gasteiger partial charge in [0.1, 0.15) is 5.75 Å². The van der Waals surface area contributed by atoms with Gasteiger partial charge in [-0.3, -0.25) is 0 Å². The molecular weight excluding hydrogens is 192 g/mol. The minimum absolute atomic E-state index is 0.127. The summed E-state index contributed by atoms with van der Waals surface area (Å²) in [5.74, 6) is 0.875. The maximum Gasteiger partial charge on any atom is 0.189 e. The maximum atomic E-state index is 9.29. The summed E-state index contributed by atoms with van der Waals surface area (Å²) < 4.78 is 10.6. The number of aliphatic hydroxyl groups is 1. The van der Waals surface area contributed by atoms with Crippen LogP contribution in [0.25, 0.3) is 0 Å². The molecule has 1 aliphatic heterocycles. The summed E-state index contributed by atoms with van der Waals surface area (Å²) >= 11 is 0. The number of benzene rings is 1. The summed E-state index contributed by atoms with van der Waals surface area (Å²) in [4.78, 5) is 0. The van der Waals surface area contributed by atoms with Crippen molar-refractivity contribution in [2.45, 2.75) is 25.9 Å². The SMILES string of the molecule is CC(C)(CO)c1ccc2c(c1)OCOC2. The van der Waals surface area contributed by atoms with Gasteiger partial charge in [0.05, 0.1) is 13.2 Å². The summed E-state index contributed by atoms with van der Waals surface area (Å²) in [5.41, 5.74) is 1.93. The van der Waals surface area contributed by atoms with E-state index in [2.05, 4.69) is 0 Å². The Labute approximate surface area is 89.6 Å². The van der Waals surface area contributed by atoms with Gasteiger partial charge in [-0.1, -0.05) is 26.0 Å². The van der Waals surface area contributed by atoms with E-state index in [1.54, 1.807) is 0 Å². The average Bonchev–Trinajstić information content (AvgIpc) is 2.28. The molecule has 82 valence electrons. The lowest BCUT2D eigenvalue weighted by Crippen LogP contribution is -2.22. The predicted molar refractivity (Wildman–Crippen MR) is 56.8 cm³/mol. The Morgan fingerprint density at radius 2 is 2.20 bits per heavy atom. The van der Waals surface area contributed by atoms with Crippen LogP contribution in [0, 0.1) is 0 Å². The molecule has 3 nitrogen and oxygen atoms in total. The lowest BCUT2D eigenvalue weighted by atomic mass is 9.85. The van der Waals surface area contributed by atoms with Crippen LogP contribution in [-0.4, -0.2) is 18.5 Å². The van der Waals surface area contributed by atoms with Gasteiger partial charge < -0.3 is 14.6 Å². The minimum Gasteiger partial charge on any atom is -0.467 e. The van der Waals surface area contributed by atoms with Gasteiger partial charge in [0, 0.05) is 11.0 Å². The summed E-state index contributed by atoms with van der Waals surface area (Å²) in [7, 11) is 0. The van der Waals surface area contributed by atoms with E-state index in [1.165, 1.54) is 0 Å². The molecule has 0 unspecified atom stereocenters. The molecule has 0 atom stereocenters. The van der Waals surface area contributed by atoms with Gasteiger partial charge in [0.2, 0.25) is 0 Å². The van der Waals surface area contributed by atoms with E-state index in [4.69, 9.17) is 9.47 Å². The van der Waals surface area contributed by atoms with Crippen molar-refractivity contribution >= 4 is 0 Å². The molecule has 15 heavy (non-hydrogen) atoms. The highest BCUT2D eigenvalue weighted by Gasteiger charge is 2.21. The van der Waals surface area contributed by atoms with Crippen molar-refractivity contribution in [2.75, 3.05) is 13.4 Å². The molecule has 0 spiro atoms. The predicted octanol–water partition coefficient (Wildman–Crippen LogP) is 1.82. The minimum atomic E-state index is -0.226. The number of hydrogen-bond donors (Lipinski definition) is 1. The van der Waals surface area contributed by atoms with E-state index in [-0.39, 0.29) is 12.0 Å². The molecule has 1 heterocycles. The van der Waals surface area contributed by atoms with Crippen LogP contribution in [0.1, 0.15) is 25.0 Å². The highest BCUT2D eigenvalue weighted by atomic mass is 16.7. The Kier molecular flexibility index (Phi) is 2.67. The van der Waals surface area contributed by atoms with Crippen LogP contribution in [0.2, 0.25) is 0 Å². The monoisotopic (exact) mass is 208 g/mol. The number of aliphatic hydroxyl groups excluding tert-OH is 1. The fourth-order valence-electron chi connectivity index (χ4n) is 1.58. The summed E-state index contributed by atoms with van der Waals surface area (Å²) in [6.07, 6.45) is 0. The van der Waals surface area contributed by atoms with Crippen molar-refractivity contribution in [3.05, 3.63) is 29.3 Å². The van der Waals surface area contributed by atoms with Crippen molar-refractivity contribution in [3.8, 4) is 5.75 Å². The molecule has 1 aromatic rings.